The number of fused-ring (bicyclic) bond motifs is 1. The number of nitrogens with two attached hydrogens (primary N) is 1. The predicted molar refractivity (Wildman–Crippen MR) is 74.0 cm³/mol. The molecule has 0 aliphatic heterocycles. The topological polar surface area (TPSA) is 129 Å². The third-order valence-corrected chi connectivity index (χ3v) is 3.04. The number of aryl methyl sites for hydroxylation is 1. The highest BCUT2D eigenvalue weighted by atomic mass is 19.4. The molecule has 2 aromatic rings. The summed E-state index contributed by atoms with van der Waals surface area (Å²) in [5.74, 6) is -1.03. The van der Waals surface area contributed by atoms with Crippen molar-refractivity contribution in [3.63, 3.8) is 0 Å². The number of imide groups is 1. The number of halogens is 3. The molecule has 0 atom stereocenters. The van der Waals surface area contributed by atoms with Crippen molar-refractivity contribution in [2.75, 3.05) is 0 Å². The normalized spacial score (nSPS) is 11.5. The quantitative estimate of drug-likeness (QED) is 0.744. The van der Waals surface area contributed by atoms with E-state index in [-0.39, 0.29) is 5.39 Å². The molecule has 9 nitrogen and oxygen atoms in total. The number of carbonyl (C=O) groups excluding carboxylic acids is 2. The number of amides is 3. The van der Waals surface area contributed by atoms with Crippen molar-refractivity contribution in [3.05, 3.63) is 38.7 Å². The SMILES string of the molecule is Cn1c(=O)n(CC(=O)NC(N)=O)c(=O)c2ccc(C(F)(F)F)nc21. The van der Waals surface area contributed by atoms with Crippen molar-refractivity contribution in [2.45, 2.75) is 12.7 Å². The van der Waals surface area contributed by atoms with Crippen LogP contribution in [-0.2, 0) is 24.6 Å². The fourth-order valence-corrected chi connectivity index (χ4v) is 1.99. The molecular weight excluding hydrogens is 335 g/mol. The van der Waals surface area contributed by atoms with Gasteiger partial charge in [0.05, 0.1) is 5.39 Å². The summed E-state index contributed by atoms with van der Waals surface area (Å²) >= 11 is 0. The third-order valence-electron chi connectivity index (χ3n) is 3.04. The molecule has 0 saturated carbocycles. The predicted octanol–water partition coefficient (Wildman–Crippen LogP) is -0.691. The van der Waals surface area contributed by atoms with E-state index in [1.165, 1.54) is 0 Å². The second-order valence-electron chi connectivity index (χ2n) is 4.71. The second-order valence-corrected chi connectivity index (χ2v) is 4.71. The van der Waals surface area contributed by atoms with Gasteiger partial charge in [-0.1, -0.05) is 0 Å². The van der Waals surface area contributed by atoms with Gasteiger partial charge in [0.1, 0.15) is 17.9 Å². The Morgan fingerprint density at radius 3 is 2.46 bits per heavy atom. The summed E-state index contributed by atoms with van der Waals surface area (Å²) in [5, 5.41) is 1.38. The van der Waals surface area contributed by atoms with Gasteiger partial charge in [-0.15, -0.1) is 0 Å². The van der Waals surface area contributed by atoms with Crippen molar-refractivity contribution < 1.29 is 22.8 Å². The van der Waals surface area contributed by atoms with Gasteiger partial charge in [0, 0.05) is 7.05 Å². The van der Waals surface area contributed by atoms with Crippen LogP contribution in [0.2, 0.25) is 0 Å². The molecule has 24 heavy (non-hydrogen) atoms. The maximum absolute atomic E-state index is 12.7. The molecule has 0 bridgehead atoms. The molecule has 3 amide bonds. The number of pyridine rings is 1. The van der Waals surface area contributed by atoms with Gasteiger partial charge in [-0.05, 0) is 12.1 Å². The van der Waals surface area contributed by atoms with E-state index in [4.69, 9.17) is 5.73 Å². The average Bonchev–Trinajstić information content (AvgIpc) is 2.47. The first-order valence-corrected chi connectivity index (χ1v) is 6.29. The van der Waals surface area contributed by atoms with Crippen molar-refractivity contribution >= 4 is 23.0 Å². The maximum Gasteiger partial charge on any atom is 0.433 e. The van der Waals surface area contributed by atoms with E-state index in [1.54, 1.807) is 5.32 Å². The molecule has 0 aliphatic carbocycles. The Hall–Kier alpha value is -3.18. The molecule has 2 aromatic heterocycles. The molecule has 0 spiro atoms. The molecule has 2 rings (SSSR count). The van der Waals surface area contributed by atoms with Crippen LogP contribution in [0.3, 0.4) is 0 Å². The van der Waals surface area contributed by atoms with E-state index in [0.29, 0.717) is 15.2 Å². The molecular formula is C12H10F3N5O4. The minimum absolute atomic E-state index is 0.294. The van der Waals surface area contributed by atoms with Crippen LogP contribution in [0.1, 0.15) is 5.69 Å². The van der Waals surface area contributed by atoms with Crippen LogP contribution in [0.15, 0.2) is 21.7 Å². The monoisotopic (exact) mass is 345 g/mol. The lowest BCUT2D eigenvalue weighted by molar-refractivity contribution is -0.141. The largest absolute Gasteiger partial charge is 0.433 e. The maximum atomic E-state index is 12.7. The summed E-state index contributed by atoms with van der Waals surface area (Å²) < 4.78 is 39.2. The summed E-state index contributed by atoms with van der Waals surface area (Å²) in [6.45, 7) is -0.828. The minimum Gasteiger partial charge on any atom is -0.351 e. The number of hydrogen-bond acceptors (Lipinski definition) is 5. The van der Waals surface area contributed by atoms with Gasteiger partial charge in [0.2, 0.25) is 5.91 Å². The van der Waals surface area contributed by atoms with Gasteiger partial charge in [-0.3, -0.25) is 24.0 Å². The standard InChI is InChI=1S/C12H10F3N5O4/c1-19-8-5(2-3-6(17-8)12(13,14)15)9(22)20(11(19)24)4-7(21)18-10(16)23/h2-3H,4H2,1H3,(H3,16,18,21,23). The van der Waals surface area contributed by atoms with Crippen LogP contribution in [0.5, 0.6) is 0 Å². The first kappa shape index (κ1) is 17.2. The van der Waals surface area contributed by atoms with E-state index >= 15 is 0 Å². The Bertz CT molecular complexity index is 960. The average molecular weight is 345 g/mol. The van der Waals surface area contributed by atoms with Gasteiger partial charge in [0.15, 0.2) is 0 Å². The number of primary amides is 1. The van der Waals surface area contributed by atoms with Gasteiger partial charge < -0.3 is 5.73 Å². The summed E-state index contributed by atoms with van der Waals surface area (Å²) in [6.07, 6.45) is -4.75. The number of alkyl halides is 3. The zero-order valence-electron chi connectivity index (χ0n) is 12.0. The fraction of sp³-hybridized carbons (Fsp3) is 0.250. The number of hydrogen-bond donors (Lipinski definition) is 2. The van der Waals surface area contributed by atoms with Gasteiger partial charge in [-0.25, -0.2) is 14.6 Å². The van der Waals surface area contributed by atoms with Crippen LogP contribution in [0, 0.1) is 0 Å². The highest BCUT2D eigenvalue weighted by Gasteiger charge is 2.33. The molecule has 0 unspecified atom stereocenters. The lowest BCUT2D eigenvalue weighted by Gasteiger charge is -2.11. The van der Waals surface area contributed by atoms with E-state index in [0.717, 1.165) is 13.1 Å². The van der Waals surface area contributed by atoms with Crippen LogP contribution in [0.25, 0.3) is 11.0 Å². The molecule has 128 valence electrons. The highest BCUT2D eigenvalue weighted by molar-refractivity contribution is 5.93. The third kappa shape index (κ3) is 3.11. The summed E-state index contributed by atoms with van der Waals surface area (Å²) in [4.78, 5) is 49.7. The van der Waals surface area contributed by atoms with E-state index in [1.807, 2.05) is 0 Å². The first-order valence-electron chi connectivity index (χ1n) is 6.29. The van der Waals surface area contributed by atoms with E-state index in [2.05, 4.69) is 4.98 Å². The Morgan fingerprint density at radius 1 is 1.29 bits per heavy atom. The lowest BCUT2D eigenvalue weighted by Crippen LogP contribution is -2.45. The first-order chi connectivity index (χ1) is 11.0. The number of nitrogens with one attached hydrogen (secondary N) is 1. The minimum atomic E-state index is -4.75. The van der Waals surface area contributed by atoms with E-state index < -0.39 is 47.2 Å². The summed E-state index contributed by atoms with van der Waals surface area (Å²) in [7, 11) is 1.10. The van der Waals surface area contributed by atoms with Crippen molar-refractivity contribution in [1.82, 2.24) is 19.4 Å². The molecule has 0 aliphatic rings. The fourth-order valence-electron chi connectivity index (χ4n) is 1.99. The Morgan fingerprint density at radius 2 is 1.92 bits per heavy atom. The van der Waals surface area contributed by atoms with Crippen LogP contribution >= 0.6 is 0 Å². The Balaban J connectivity index is 2.66. The van der Waals surface area contributed by atoms with Crippen molar-refractivity contribution in [1.29, 1.82) is 0 Å². The molecule has 3 N–H and O–H groups in total. The number of urea groups is 1. The van der Waals surface area contributed by atoms with Crippen LogP contribution < -0.4 is 22.3 Å². The smallest absolute Gasteiger partial charge is 0.351 e. The molecule has 12 heteroatoms. The number of nitrogens with zero attached hydrogens (tertiary/aromatic N) is 3. The molecule has 0 radical (unpaired) electrons. The highest BCUT2D eigenvalue weighted by Crippen LogP contribution is 2.28. The molecule has 2 heterocycles. The Labute approximate surface area is 130 Å². The van der Waals surface area contributed by atoms with Crippen LogP contribution in [-0.4, -0.2) is 26.1 Å². The number of aromatic nitrogens is 3. The van der Waals surface area contributed by atoms with E-state index in [9.17, 15) is 32.3 Å². The second kappa shape index (κ2) is 5.79. The number of carbonyl (C=O) groups is 2. The summed E-state index contributed by atoms with van der Waals surface area (Å²) in [6, 6.07) is 0.263. The van der Waals surface area contributed by atoms with Gasteiger partial charge in [-0.2, -0.15) is 13.2 Å². The molecule has 0 fully saturated rings. The van der Waals surface area contributed by atoms with Crippen molar-refractivity contribution in [3.8, 4) is 0 Å². The zero-order chi connectivity index (χ0) is 18.2. The molecule has 0 saturated heterocycles. The Kier molecular flexibility index (Phi) is 4.14. The van der Waals surface area contributed by atoms with Gasteiger partial charge in [0.25, 0.3) is 5.56 Å². The summed E-state index contributed by atoms with van der Waals surface area (Å²) in [5.41, 5.74) is 0.903. The zero-order valence-corrected chi connectivity index (χ0v) is 12.0. The van der Waals surface area contributed by atoms with Crippen LogP contribution in [0.4, 0.5) is 18.0 Å². The molecule has 0 aromatic carbocycles. The van der Waals surface area contributed by atoms with Gasteiger partial charge >= 0.3 is 17.9 Å². The van der Waals surface area contributed by atoms with Crippen molar-refractivity contribution in [2.24, 2.45) is 12.8 Å². The number of rotatable bonds is 2. The lowest BCUT2D eigenvalue weighted by atomic mass is 10.2.